The van der Waals surface area contributed by atoms with Crippen molar-refractivity contribution in [3.63, 3.8) is 0 Å². The Bertz CT molecular complexity index is 873. The summed E-state index contributed by atoms with van der Waals surface area (Å²) in [6.45, 7) is 6.71. The third-order valence-electron chi connectivity index (χ3n) is 4.45. The number of rotatable bonds is 6. The van der Waals surface area contributed by atoms with E-state index in [1.165, 1.54) is 22.3 Å². The van der Waals surface area contributed by atoms with Gasteiger partial charge in [0.25, 0.3) is 0 Å². The minimum absolute atomic E-state index is 0.415. The molecule has 0 aliphatic rings. The number of ether oxygens (including phenoxy) is 1. The zero-order valence-electron chi connectivity index (χ0n) is 15.1. The van der Waals surface area contributed by atoms with Gasteiger partial charge in [0, 0.05) is 12.8 Å². The molecule has 0 radical (unpaired) electrons. The fourth-order valence-corrected chi connectivity index (χ4v) is 3.54. The standard InChI is InChI=1S/C20H23N3OS/c1-14-9-7-11-18(16(14)3)24-12-19-21-22-20(23(19)4)25-13-17-10-6-5-8-15(17)2/h5-11H,12-13H2,1-4H3. The molecule has 0 spiro atoms. The maximum Gasteiger partial charge on any atom is 0.191 e. The Labute approximate surface area is 153 Å². The first-order valence-corrected chi connectivity index (χ1v) is 9.29. The predicted molar refractivity (Wildman–Crippen MR) is 102 cm³/mol. The fraction of sp³-hybridized carbons (Fsp3) is 0.300. The minimum Gasteiger partial charge on any atom is -0.485 e. The highest BCUT2D eigenvalue weighted by molar-refractivity contribution is 7.98. The van der Waals surface area contributed by atoms with E-state index in [0.717, 1.165) is 22.5 Å². The molecule has 0 atom stereocenters. The van der Waals surface area contributed by atoms with Gasteiger partial charge in [0.15, 0.2) is 11.0 Å². The number of benzene rings is 2. The molecule has 5 heteroatoms. The highest BCUT2D eigenvalue weighted by atomic mass is 32.2. The summed E-state index contributed by atoms with van der Waals surface area (Å²) >= 11 is 1.70. The molecular weight excluding hydrogens is 330 g/mol. The second-order valence-electron chi connectivity index (χ2n) is 6.16. The molecule has 0 bridgehead atoms. The fourth-order valence-electron chi connectivity index (χ4n) is 2.53. The van der Waals surface area contributed by atoms with Gasteiger partial charge in [-0.3, -0.25) is 0 Å². The maximum atomic E-state index is 5.95. The highest BCUT2D eigenvalue weighted by Crippen LogP contribution is 2.24. The van der Waals surface area contributed by atoms with E-state index in [4.69, 9.17) is 4.74 Å². The summed E-state index contributed by atoms with van der Waals surface area (Å²) < 4.78 is 7.96. The van der Waals surface area contributed by atoms with Crippen LogP contribution in [0.25, 0.3) is 0 Å². The van der Waals surface area contributed by atoms with Gasteiger partial charge in [-0.05, 0) is 49.1 Å². The van der Waals surface area contributed by atoms with Gasteiger partial charge in [-0.1, -0.05) is 48.2 Å². The van der Waals surface area contributed by atoms with Crippen LogP contribution in [0.3, 0.4) is 0 Å². The molecule has 130 valence electrons. The van der Waals surface area contributed by atoms with Crippen molar-refractivity contribution in [2.24, 2.45) is 7.05 Å². The van der Waals surface area contributed by atoms with Crippen molar-refractivity contribution >= 4 is 11.8 Å². The minimum atomic E-state index is 0.415. The van der Waals surface area contributed by atoms with Crippen LogP contribution in [0.4, 0.5) is 0 Å². The second kappa shape index (κ2) is 7.74. The van der Waals surface area contributed by atoms with Crippen LogP contribution in [0.15, 0.2) is 47.6 Å². The average molecular weight is 353 g/mol. The summed E-state index contributed by atoms with van der Waals surface area (Å²) in [6.07, 6.45) is 0. The summed E-state index contributed by atoms with van der Waals surface area (Å²) in [6, 6.07) is 14.5. The average Bonchev–Trinajstić information content (AvgIpc) is 2.96. The molecule has 0 aliphatic heterocycles. The zero-order valence-corrected chi connectivity index (χ0v) is 15.9. The number of aromatic nitrogens is 3. The number of hydrogen-bond acceptors (Lipinski definition) is 4. The molecule has 0 unspecified atom stereocenters. The first-order chi connectivity index (χ1) is 12.1. The van der Waals surface area contributed by atoms with E-state index in [-0.39, 0.29) is 0 Å². The van der Waals surface area contributed by atoms with E-state index in [1.807, 2.05) is 23.7 Å². The summed E-state index contributed by atoms with van der Waals surface area (Å²) in [4.78, 5) is 0. The van der Waals surface area contributed by atoms with Gasteiger partial charge in [-0.2, -0.15) is 0 Å². The number of thioether (sulfide) groups is 1. The molecule has 3 rings (SSSR count). The van der Waals surface area contributed by atoms with Crippen molar-refractivity contribution in [1.82, 2.24) is 14.8 Å². The van der Waals surface area contributed by atoms with Gasteiger partial charge < -0.3 is 9.30 Å². The van der Waals surface area contributed by atoms with Crippen molar-refractivity contribution in [2.45, 2.75) is 38.3 Å². The summed E-state index contributed by atoms with van der Waals surface area (Å²) in [7, 11) is 1.99. The lowest BCUT2D eigenvalue weighted by Gasteiger charge is -2.10. The van der Waals surface area contributed by atoms with E-state index in [0.29, 0.717) is 6.61 Å². The van der Waals surface area contributed by atoms with Crippen molar-refractivity contribution in [2.75, 3.05) is 0 Å². The third-order valence-corrected chi connectivity index (χ3v) is 5.52. The van der Waals surface area contributed by atoms with Crippen LogP contribution >= 0.6 is 11.8 Å². The number of hydrogen-bond donors (Lipinski definition) is 0. The predicted octanol–water partition coefficient (Wildman–Crippen LogP) is 4.61. The normalized spacial score (nSPS) is 10.9. The molecule has 0 saturated carbocycles. The Morgan fingerprint density at radius 1 is 0.960 bits per heavy atom. The molecular formula is C20H23N3OS. The Morgan fingerprint density at radius 3 is 2.52 bits per heavy atom. The van der Waals surface area contributed by atoms with Gasteiger partial charge in [-0.15, -0.1) is 10.2 Å². The van der Waals surface area contributed by atoms with Crippen LogP contribution in [-0.2, 0) is 19.4 Å². The summed E-state index contributed by atoms with van der Waals surface area (Å²) in [5, 5.41) is 9.50. The van der Waals surface area contributed by atoms with E-state index in [1.54, 1.807) is 11.8 Å². The van der Waals surface area contributed by atoms with E-state index < -0.39 is 0 Å². The molecule has 1 aromatic heterocycles. The highest BCUT2D eigenvalue weighted by Gasteiger charge is 2.11. The molecule has 0 aliphatic carbocycles. The van der Waals surface area contributed by atoms with E-state index >= 15 is 0 Å². The lowest BCUT2D eigenvalue weighted by molar-refractivity contribution is 0.288. The van der Waals surface area contributed by atoms with Crippen molar-refractivity contribution < 1.29 is 4.74 Å². The Kier molecular flexibility index (Phi) is 5.43. The lowest BCUT2D eigenvalue weighted by Crippen LogP contribution is -2.05. The Morgan fingerprint density at radius 2 is 1.72 bits per heavy atom. The molecule has 0 N–H and O–H groups in total. The molecule has 0 fully saturated rings. The van der Waals surface area contributed by atoms with Crippen molar-refractivity contribution in [3.8, 4) is 5.75 Å². The van der Waals surface area contributed by atoms with E-state index in [2.05, 4.69) is 61.3 Å². The smallest absolute Gasteiger partial charge is 0.191 e. The Hall–Kier alpha value is -2.27. The first-order valence-electron chi connectivity index (χ1n) is 8.31. The molecule has 0 saturated heterocycles. The maximum absolute atomic E-state index is 5.95. The van der Waals surface area contributed by atoms with Crippen molar-refractivity contribution in [3.05, 3.63) is 70.5 Å². The van der Waals surface area contributed by atoms with Gasteiger partial charge in [0.2, 0.25) is 0 Å². The summed E-state index contributed by atoms with van der Waals surface area (Å²) in [5.74, 6) is 2.61. The first kappa shape index (κ1) is 17.5. The van der Waals surface area contributed by atoms with Gasteiger partial charge in [-0.25, -0.2) is 0 Å². The largest absolute Gasteiger partial charge is 0.485 e. The van der Waals surface area contributed by atoms with Gasteiger partial charge >= 0.3 is 0 Å². The molecule has 2 aromatic carbocycles. The quantitative estimate of drug-likeness (QED) is 0.607. The third kappa shape index (κ3) is 4.04. The van der Waals surface area contributed by atoms with Crippen LogP contribution in [0.2, 0.25) is 0 Å². The van der Waals surface area contributed by atoms with E-state index in [9.17, 15) is 0 Å². The van der Waals surface area contributed by atoms with Crippen molar-refractivity contribution in [1.29, 1.82) is 0 Å². The monoisotopic (exact) mass is 353 g/mol. The number of aryl methyl sites for hydroxylation is 2. The SMILES string of the molecule is Cc1ccccc1CSc1nnc(COc2cccc(C)c2C)n1C. The second-order valence-corrected chi connectivity index (χ2v) is 7.10. The molecule has 25 heavy (non-hydrogen) atoms. The molecule has 1 heterocycles. The topological polar surface area (TPSA) is 39.9 Å². The van der Waals surface area contributed by atoms with Gasteiger partial charge in [0.05, 0.1) is 0 Å². The van der Waals surface area contributed by atoms with Crippen LogP contribution in [0.5, 0.6) is 5.75 Å². The van der Waals surface area contributed by atoms with Crippen LogP contribution < -0.4 is 4.74 Å². The lowest BCUT2D eigenvalue weighted by atomic mass is 10.1. The molecule has 0 amide bonds. The van der Waals surface area contributed by atoms with Crippen LogP contribution in [-0.4, -0.2) is 14.8 Å². The van der Waals surface area contributed by atoms with Crippen LogP contribution in [0.1, 0.15) is 28.1 Å². The molecule has 3 aromatic rings. The van der Waals surface area contributed by atoms with Crippen LogP contribution in [0, 0.1) is 20.8 Å². The Balaban J connectivity index is 1.65. The zero-order chi connectivity index (χ0) is 17.8. The van der Waals surface area contributed by atoms with Gasteiger partial charge in [0.1, 0.15) is 12.4 Å². The number of nitrogens with zero attached hydrogens (tertiary/aromatic N) is 3. The summed E-state index contributed by atoms with van der Waals surface area (Å²) in [5.41, 5.74) is 5.02. The molecule has 4 nitrogen and oxygen atoms in total.